The van der Waals surface area contributed by atoms with Gasteiger partial charge in [0.25, 0.3) is 0 Å². The Labute approximate surface area is 116 Å². The van der Waals surface area contributed by atoms with Crippen LogP contribution in [0.15, 0.2) is 22.8 Å². The number of nitrogens with one attached hydrogen (secondary N) is 1. The SMILES string of the molecule is CNc1c[c]c(Cl)c(-n2nc([N+](=O)[O-])cc2Br)c1. The molecule has 1 N–H and O–H groups in total. The van der Waals surface area contributed by atoms with Crippen molar-refractivity contribution in [2.45, 2.75) is 0 Å². The van der Waals surface area contributed by atoms with E-state index >= 15 is 0 Å². The summed E-state index contributed by atoms with van der Waals surface area (Å²) in [5.41, 5.74) is 1.28. The minimum Gasteiger partial charge on any atom is -0.388 e. The zero-order valence-corrected chi connectivity index (χ0v) is 11.5. The van der Waals surface area contributed by atoms with Gasteiger partial charge in [0.05, 0.1) is 16.2 Å². The van der Waals surface area contributed by atoms with Crippen molar-refractivity contribution in [2.24, 2.45) is 0 Å². The lowest BCUT2D eigenvalue weighted by Gasteiger charge is -2.05. The summed E-state index contributed by atoms with van der Waals surface area (Å²) in [5.74, 6) is -0.257. The maximum atomic E-state index is 10.7. The van der Waals surface area contributed by atoms with E-state index in [0.717, 1.165) is 5.69 Å². The van der Waals surface area contributed by atoms with Crippen LogP contribution in [0, 0.1) is 16.2 Å². The van der Waals surface area contributed by atoms with Gasteiger partial charge in [0, 0.05) is 18.8 Å². The number of halogens is 2. The van der Waals surface area contributed by atoms with E-state index in [0.29, 0.717) is 15.3 Å². The Morgan fingerprint density at radius 2 is 2.33 bits per heavy atom. The Morgan fingerprint density at radius 3 is 2.89 bits per heavy atom. The van der Waals surface area contributed by atoms with Gasteiger partial charge < -0.3 is 15.4 Å². The zero-order chi connectivity index (χ0) is 13.3. The van der Waals surface area contributed by atoms with Crippen LogP contribution in [0.4, 0.5) is 11.5 Å². The van der Waals surface area contributed by atoms with E-state index in [4.69, 9.17) is 11.6 Å². The van der Waals surface area contributed by atoms with Crippen LogP contribution in [0.5, 0.6) is 0 Å². The number of benzene rings is 1. The second kappa shape index (κ2) is 4.95. The Bertz CT molecular complexity index is 614. The van der Waals surface area contributed by atoms with Gasteiger partial charge in [-0.05, 0) is 33.0 Å². The summed E-state index contributed by atoms with van der Waals surface area (Å²) in [6.45, 7) is 0. The van der Waals surface area contributed by atoms with Gasteiger partial charge in [-0.25, -0.2) is 0 Å². The van der Waals surface area contributed by atoms with E-state index in [1.807, 2.05) is 0 Å². The molecule has 0 amide bonds. The monoisotopic (exact) mass is 329 g/mol. The quantitative estimate of drug-likeness (QED) is 0.693. The summed E-state index contributed by atoms with van der Waals surface area (Å²) < 4.78 is 1.79. The van der Waals surface area contributed by atoms with E-state index in [-0.39, 0.29) is 5.82 Å². The van der Waals surface area contributed by atoms with Crippen LogP contribution >= 0.6 is 27.5 Å². The molecule has 0 aliphatic heterocycles. The summed E-state index contributed by atoms with van der Waals surface area (Å²) in [5, 5.41) is 17.8. The van der Waals surface area contributed by atoms with Crippen LogP contribution in [0.1, 0.15) is 0 Å². The van der Waals surface area contributed by atoms with Crippen LogP contribution < -0.4 is 5.32 Å². The molecule has 0 saturated heterocycles. The predicted molar refractivity (Wildman–Crippen MR) is 71.3 cm³/mol. The molecule has 0 spiro atoms. The molecule has 93 valence electrons. The lowest BCUT2D eigenvalue weighted by Crippen LogP contribution is -2.00. The molecule has 1 heterocycles. The fraction of sp³-hybridized carbons (Fsp3) is 0.100. The van der Waals surface area contributed by atoms with Crippen LogP contribution in [0.3, 0.4) is 0 Å². The van der Waals surface area contributed by atoms with Crippen LogP contribution in [-0.4, -0.2) is 21.8 Å². The van der Waals surface area contributed by atoms with Crippen molar-refractivity contribution < 1.29 is 4.92 Å². The van der Waals surface area contributed by atoms with E-state index in [1.54, 1.807) is 19.2 Å². The number of hydrogen-bond acceptors (Lipinski definition) is 4. The van der Waals surface area contributed by atoms with Gasteiger partial charge in [-0.3, -0.25) is 0 Å². The van der Waals surface area contributed by atoms with Crippen molar-refractivity contribution in [3.05, 3.63) is 44.0 Å². The molecule has 8 heteroatoms. The molecule has 0 aliphatic carbocycles. The molecule has 0 aliphatic rings. The molecule has 1 radical (unpaired) electrons. The van der Waals surface area contributed by atoms with Crippen molar-refractivity contribution >= 4 is 39.0 Å². The van der Waals surface area contributed by atoms with Crippen molar-refractivity contribution in [3.8, 4) is 5.69 Å². The molecule has 0 unspecified atom stereocenters. The first-order chi connectivity index (χ1) is 8.52. The topological polar surface area (TPSA) is 73.0 Å². The van der Waals surface area contributed by atoms with Gasteiger partial charge in [0.1, 0.15) is 10.3 Å². The van der Waals surface area contributed by atoms with Crippen LogP contribution in [0.2, 0.25) is 5.02 Å². The number of anilines is 1. The summed E-state index contributed by atoms with van der Waals surface area (Å²) in [4.78, 5) is 10.1. The Balaban J connectivity index is 2.57. The molecule has 1 aromatic carbocycles. The minimum atomic E-state index is -0.569. The van der Waals surface area contributed by atoms with Crippen molar-refractivity contribution in [3.63, 3.8) is 0 Å². The number of rotatable bonds is 3. The highest BCUT2D eigenvalue weighted by molar-refractivity contribution is 9.10. The molecule has 0 fully saturated rings. The van der Waals surface area contributed by atoms with Gasteiger partial charge in [0.2, 0.25) is 0 Å². The summed E-state index contributed by atoms with van der Waals surface area (Å²) in [6.07, 6.45) is 0. The molecular formula is C10H7BrClN4O2. The number of nitrogens with zero attached hydrogens (tertiary/aromatic N) is 3. The van der Waals surface area contributed by atoms with E-state index in [2.05, 4.69) is 32.4 Å². The lowest BCUT2D eigenvalue weighted by molar-refractivity contribution is -0.389. The molecule has 1 aromatic heterocycles. The smallest absolute Gasteiger partial charge is 0.388 e. The van der Waals surface area contributed by atoms with Crippen LogP contribution in [-0.2, 0) is 0 Å². The molecule has 2 rings (SSSR count). The van der Waals surface area contributed by atoms with E-state index < -0.39 is 4.92 Å². The predicted octanol–water partition coefficient (Wildman–Crippen LogP) is 3.04. The van der Waals surface area contributed by atoms with Gasteiger partial charge >= 0.3 is 5.82 Å². The summed E-state index contributed by atoms with van der Waals surface area (Å²) >= 11 is 9.22. The first-order valence-electron chi connectivity index (χ1n) is 4.82. The largest absolute Gasteiger partial charge is 0.391 e. The minimum absolute atomic E-state index is 0.257. The second-order valence-electron chi connectivity index (χ2n) is 3.33. The zero-order valence-electron chi connectivity index (χ0n) is 9.15. The molecule has 0 bridgehead atoms. The molecule has 2 aromatic rings. The Morgan fingerprint density at radius 1 is 1.61 bits per heavy atom. The van der Waals surface area contributed by atoms with Gasteiger partial charge in [0.15, 0.2) is 0 Å². The maximum Gasteiger partial charge on any atom is 0.391 e. The van der Waals surface area contributed by atoms with Crippen LogP contribution in [0.25, 0.3) is 5.69 Å². The molecular weight excluding hydrogens is 323 g/mol. The lowest BCUT2D eigenvalue weighted by atomic mass is 10.3. The standard InChI is InChI=1S/C10H7BrClN4O2/c1-13-6-2-3-7(12)8(4-6)15-9(11)5-10(14-15)16(17)18/h2,4-5,13H,1H3. The maximum absolute atomic E-state index is 10.7. The normalized spacial score (nSPS) is 10.4. The van der Waals surface area contributed by atoms with Gasteiger partial charge in [-0.15, -0.1) is 4.68 Å². The fourth-order valence-electron chi connectivity index (χ4n) is 1.37. The Hall–Kier alpha value is -1.60. The third-order valence-corrected chi connectivity index (χ3v) is 3.10. The van der Waals surface area contributed by atoms with Crippen molar-refractivity contribution in [2.75, 3.05) is 12.4 Å². The van der Waals surface area contributed by atoms with E-state index in [9.17, 15) is 10.1 Å². The average molecular weight is 331 g/mol. The van der Waals surface area contributed by atoms with E-state index in [1.165, 1.54) is 10.7 Å². The highest BCUT2D eigenvalue weighted by atomic mass is 79.9. The fourth-order valence-corrected chi connectivity index (χ4v) is 2.04. The number of hydrogen-bond donors (Lipinski definition) is 1. The number of aromatic nitrogens is 2. The average Bonchev–Trinajstić information content (AvgIpc) is 2.72. The highest BCUT2D eigenvalue weighted by Gasteiger charge is 2.19. The first-order valence-corrected chi connectivity index (χ1v) is 5.99. The molecule has 18 heavy (non-hydrogen) atoms. The highest BCUT2D eigenvalue weighted by Crippen LogP contribution is 2.28. The first kappa shape index (κ1) is 12.8. The third-order valence-electron chi connectivity index (χ3n) is 2.23. The second-order valence-corrected chi connectivity index (χ2v) is 4.52. The summed E-state index contributed by atoms with van der Waals surface area (Å²) in [7, 11) is 1.75. The number of nitro groups is 1. The van der Waals surface area contributed by atoms with Crippen molar-refractivity contribution in [1.82, 2.24) is 9.78 Å². The van der Waals surface area contributed by atoms with Gasteiger partial charge in [-0.1, -0.05) is 11.6 Å². The Kier molecular flexibility index (Phi) is 3.53. The molecule has 0 saturated carbocycles. The molecule has 0 atom stereocenters. The molecule has 6 nitrogen and oxygen atoms in total. The van der Waals surface area contributed by atoms with Crippen molar-refractivity contribution in [1.29, 1.82) is 0 Å². The van der Waals surface area contributed by atoms with Gasteiger partial charge in [-0.2, -0.15) is 0 Å². The summed E-state index contributed by atoms with van der Waals surface area (Å²) in [6, 6.07) is 7.54. The third kappa shape index (κ3) is 2.32.